The highest BCUT2D eigenvalue weighted by atomic mass is 79.9. The topological polar surface area (TPSA) is 0 Å². The second-order valence-corrected chi connectivity index (χ2v) is 2.84. The molecule has 0 nitrogen and oxygen atoms in total. The molecule has 0 heterocycles. The zero-order valence-corrected chi connectivity index (χ0v) is 7.55. The molecule has 0 amide bonds. The number of hydrogen-bond donors (Lipinski definition) is 0. The normalized spacial score (nSPS) is 12.7. The van der Waals surface area contributed by atoms with Crippen molar-refractivity contribution in [1.29, 1.82) is 0 Å². The van der Waals surface area contributed by atoms with E-state index in [1.54, 1.807) is 0 Å². The smallest absolute Gasteiger partial charge is 0.171 e. The Kier molecular flexibility index (Phi) is 4.12. The standard InChI is InChI=1S/C4H5Br2F3/c5-1-3(2-6)4(7,8)9/h3H,1-2H2. The number of alkyl halides is 5. The summed E-state index contributed by atoms with van der Waals surface area (Å²) in [6.45, 7) is 0. The van der Waals surface area contributed by atoms with Crippen LogP contribution in [0.1, 0.15) is 0 Å². The largest absolute Gasteiger partial charge is 0.393 e. The molecule has 0 aliphatic rings. The van der Waals surface area contributed by atoms with Gasteiger partial charge in [0.1, 0.15) is 0 Å². The van der Waals surface area contributed by atoms with Crippen LogP contribution in [-0.2, 0) is 0 Å². The van der Waals surface area contributed by atoms with Gasteiger partial charge in [-0.1, -0.05) is 31.9 Å². The van der Waals surface area contributed by atoms with Gasteiger partial charge in [0.15, 0.2) is 0 Å². The highest BCUT2D eigenvalue weighted by Crippen LogP contribution is 2.28. The van der Waals surface area contributed by atoms with Crippen LogP contribution in [0, 0.1) is 5.92 Å². The predicted octanol–water partition coefficient (Wildman–Crippen LogP) is 2.95. The minimum atomic E-state index is -4.08. The van der Waals surface area contributed by atoms with Crippen LogP contribution in [0.2, 0.25) is 0 Å². The molecule has 0 saturated carbocycles. The van der Waals surface area contributed by atoms with Crippen molar-refractivity contribution in [2.24, 2.45) is 5.92 Å². The summed E-state index contributed by atoms with van der Waals surface area (Å²) in [4.78, 5) is 0. The summed E-state index contributed by atoms with van der Waals surface area (Å²) < 4.78 is 35.0. The highest BCUT2D eigenvalue weighted by Gasteiger charge is 2.37. The van der Waals surface area contributed by atoms with Gasteiger partial charge in [0.25, 0.3) is 0 Å². The summed E-state index contributed by atoms with van der Waals surface area (Å²) >= 11 is 5.52. The van der Waals surface area contributed by atoms with Crippen molar-refractivity contribution < 1.29 is 13.2 Å². The van der Waals surface area contributed by atoms with Gasteiger partial charge in [0, 0.05) is 10.7 Å². The highest BCUT2D eigenvalue weighted by molar-refractivity contribution is 9.09. The number of rotatable bonds is 2. The van der Waals surface area contributed by atoms with E-state index < -0.39 is 12.1 Å². The van der Waals surface area contributed by atoms with Gasteiger partial charge in [0.05, 0.1) is 5.92 Å². The van der Waals surface area contributed by atoms with Crippen LogP contribution in [0.4, 0.5) is 13.2 Å². The molecule has 0 radical (unpaired) electrons. The lowest BCUT2D eigenvalue weighted by molar-refractivity contribution is -0.160. The number of halogens is 5. The monoisotopic (exact) mass is 268 g/mol. The van der Waals surface area contributed by atoms with Crippen LogP contribution in [0.15, 0.2) is 0 Å². The molecule has 0 rings (SSSR count). The number of hydrogen-bond acceptors (Lipinski definition) is 0. The van der Waals surface area contributed by atoms with Crippen LogP contribution >= 0.6 is 31.9 Å². The molecule has 0 aliphatic carbocycles. The van der Waals surface area contributed by atoms with Crippen molar-refractivity contribution >= 4 is 31.9 Å². The molecule has 56 valence electrons. The average Bonchev–Trinajstić information content (AvgIpc) is 1.65. The molecule has 0 bridgehead atoms. The second kappa shape index (κ2) is 3.81. The van der Waals surface area contributed by atoms with Crippen molar-refractivity contribution in [3.8, 4) is 0 Å². The molecule has 0 spiro atoms. The lowest BCUT2D eigenvalue weighted by Crippen LogP contribution is -2.25. The third kappa shape index (κ3) is 3.45. The first kappa shape index (κ1) is 9.75. The molecule has 9 heavy (non-hydrogen) atoms. The maximum atomic E-state index is 11.7. The van der Waals surface area contributed by atoms with Crippen molar-refractivity contribution in [3.05, 3.63) is 0 Å². The summed E-state index contributed by atoms with van der Waals surface area (Å²) in [7, 11) is 0. The van der Waals surface area contributed by atoms with E-state index in [0.717, 1.165) is 0 Å². The van der Waals surface area contributed by atoms with Gasteiger partial charge in [-0.3, -0.25) is 0 Å². The fourth-order valence-corrected chi connectivity index (χ4v) is 2.02. The van der Waals surface area contributed by atoms with E-state index >= 15 is 0 Å². The average molecular weight is 270 g/mol. The Morgan fingerprint density at radius 2 is 1.44 bits per heavy atom. The Labute approximate surface area is 68.1 Å². The van der Waals surface area contributed by atoms with E-state index in [1.807, 2.05) is 0 Å². The lowest BCUT2D eigenvalue weighted by Gasteiger charge is -2.13. The van der Waals surface area contributed by atoms with Gasteiger partial charge in [-0.05, 0) is 0 Å². The third-order valence-corrected chi connectivity index (χ3v) is 2.40. The Morgan fingerprint density at radius 1 is 1.11 bits per heavy atom. The molecular formula is C4H5Br2F3. The van der Waals surface area contributed by atoms with E-state index in [-0.39, 0.29) is 10.7 Å². The van der Waals surface area contributed by atoms with Gasteiger partial charge in [-0.15, -0.1) is 0 Å². The summed E-state index contributed by atoms with van der Waals surface area (Å²) in [6, 6.07) is 0. The van der Waals surface area contributed by atoms with Gasteiger partial charge < -0.3 is 0 Å². The molecule has 0 aromatic heterocycles. The predicted molar refractivity (Wildman–Crippen MR) is 37.1 cm³/mol. The van der Waals surface area contributed by atoms with Crippen molar-refractivity contribution in [3.63, 3.8) is 0 Å². The van der Waals surface area contributed by atoms with Crippen molar-refractivity contribution in [2.75, 3.05) is 10.7 Å². The minimum Gasteiger partial charge on any atom is -0.171 e. The Balaban J connectivity index is 3.79. The van der Waals surface area contributed by atoms with E-state index in [2.05, 4.69) is 31.9 Å². The van der Waals surface area contributed by atoms with Crippen LogP contribution in [-0.4, -0.2) is 16.8 Å². The van der Waals surface area contributed by atoms with Gasteiger partial charge in [-0.2, -0.15) is 13.2 Å². The lowest BCUT2D eigenvalue weighted by atomic mass is 10.2. The van der Waals surface area contributed by atoms with Crippen LogP contribution in [0.25, 0.3) is 0 Å². The molecule has 0 unspecified atom stereocenters. The molecule has 0 aromatic rings. The Morgan fingerprint density at radius 3 is 1.44 bits per heavy atom. The first-order chi connectivity index (χ1) is 4.02. The van der Waals surface area contributed by atoms with Crippen LogP contribution < -0.4 is 0 Å². The summed E-state index contributed by atoms with van der Waals surface area (Å²) in [5, 5.41) is -0.0799. The van der Waals surface area contributed by atoms with Crippen LogP contribution in [0.5, 0.6) is 0 Å². The summed E-state index contributed by atoms with van der Waals surface area (Å²) in [6.07, 6.45) is -4.08. The van der Waals surface area contributed by atoms with Gasteiger partial charge >= 0.3 is 6.18 Å². The van der Waals surface area contributed by atoms with E-state index in [4.69, 9.17) is 0 Å². The molecule has 5 heteroatoms. The van der Waals surface area contributed by atoms with Crippen molar-refractivity contribution in [2.45, 2.75) is 6.18 Å². The summed E-state index contributed by atoms with van der Waals surface area (Å²) in [5.41, 5.74) is 0. The first-order valence-corrected chi connectivity index (χ1v) is 4.45. The van der Waals surface area contributed by atoms with Gasteiger partial charge in [-0.25, -0.2) is 0 Å². The van der Waals surface area contributed by atoms with Crippen molar-refractivity contribution in [1.82, 2.24) is 0 Å². The molecule has 0 N–H and O–H groups in total. The zero-order valence-electron chi connectivity index (χ0n) is 4.38. The molecule has 0 fully saturated rings. The Bertz CT molecular complexity index is 76.4. The summed E-state index contributed by atoms with van der Waals surface area (Å²) in [5.74, 6) is -1.27. The minimum absolute atomic E-state index is 0.0399. The molecule has 0 aromatic carbocycles. The fraction of sp³-hybridized carbons (Fsp3) is 1.00. The van der Waals surface area contributed by atoms with Gasteiger partial charge in [0.2, 0.25) is 0 Å². The zero-order chi connectivity index (χ0) is 7.49. The van der Waals surface area contributed by atoms with E-state index in [0.29, 0.717) is 0 Å². The van der Waals surface area contributed by atoms with E-state index in [1.165, 1.54) is 0 Å². The molecule has 0 aliphatic heterocycles. The Hall–Kier alpha value is 0.750. The molecule has 0 saturated heterocycles. The quantitative estimate of drug-likeness (QED) is 0.676. The molecular weight excluding hydrogens is 265 g/mol. The SMILES string of the molecule is FC(F)(F)C(CBr)CBr. The second-order valence-electron chi connectivity index (χ2n) is 1.55. The maximum Gasteiger partial charge on any atom is 0.393 e. The maximum absolute atomic E-state index is 11.7. The van der Waals surface area contributed by atoms with E-state index in [9.17, 15) is 13.2 Å². The molecule has 0 atom stereocenters. The first-order valence-electron chi connectivity index (χ1n) is 2.21. The fourth-order valence-electron chi connectivity index (χ4n) is 0.216. The third-order valence-electron chi connectivity index (χ3n) is 0.835. The van der Waals surface area contributed by atoms with Crippen LogP contribution in [0.3, 0.4) is 0 Å².